The molecule has 0 unspecified atom stereocenters. The Labute approximate surface area is 66.7 Å². The van der Waals surface area contributed by atoms with E-state index in [4.69, 9.17) is 11.6 Å². The van der Waals surface area contributed by atoms with E-state index in [1.807, 2.05) is 0 Å². The molecule has 1 aliphatic heterocycles. The summed E-state index contributed by atoms with van der Waals surface area (Å²) in [6.07, 6.45) is 2.16. The number of hydrogen-bond donors (Lipinski definition) is 0. The van der Waals surface area contributed by atoms with E-state index < -0.39 is 4.92 Å². The molecule has 0 aliphatic carbocycles. The molecule has 0 spiro atoms. The largest absolute Gasteiger partial charge is 0.296 e. The van der Waals surface area contributed by atoms with Gasteiger partial charge in [0.05, 0.1) is 11.0 Å². The van der Waals surface area contributed by atoms with Crippen LogP contribution in [-0.4, -0.2) is 16.2 Å². The Morgan fingerprint density at radius 1 is 1.73 bits per heavy atom. The number of nitrogens with zero attached hydrogens (tertiary/aromatic N) is 2. The predicted molar refractivity (Wildman–Crippen MR) is 37.5 cm³/mol. The number of nitroso groups, excluding NO2 is 1. The van der Waals surface area contributed by atoms with Crippen molar-refractivity contribution in [1.82, 2.24) is 0 Å². The van der Waals surface area contributed by atoms with E-state index in [0.29, 0.717) is 4.76 Å². The molecule has 5 nitrogen and oxygen atoms in total. The fourth-order valence-electron chi connectivity index (χ4n) is 0.681. The van der Waals surface area contributed by atoms with Gasteiger partial charge in [0, 0.05) is 9.67 Å². The number of hydrogen-bond acceptors (Lipinski definition) is 3. The molecular formula is C5H4ClN2O3+. The van der Waals surface area contributed by atoms with Crippen LogP contribution in [0.4, 0.5) is 0 Å². The van der Waals surface area contributed by atoms with Crippen LogP contribution in [0.5, 0.6) is 0 Å². The van der Waals surface area contributed by atoms with Crippen LogP contribution in [0.1, 0.15) is 0 Å². The molecule has 0 amide bonds. The third-order valence-electron chi connectivity index (χ3n) is 1.16. The quantitative estimate of drug-likeness (QED) is 0.340. The van der Waals surface area contributed by atoms with Crippen LogP contribution in [0.3, 0.4) is 0 Å². The third kappa shape index (κ3) is 1.62. The van der Waals surface area contributed by atoms with E-state index in [0.717, 1.165) is 6.20 Å². The van der Waals surface area contributed by atoms with Gasteiger partial charge in [-0.15, -0.1) is 0 Å². The van der Waals surface area contributed by atoms with Gasteiger partial charge in [-0.05, 0) is 0 Å². The average molecular weight is 176 g/mol. The Kier molecular flexibility index (Phi) is 2.00. The SMILES string of the molecule is O=[N+]1C=C(Cl)C([N+](=O)[O-])=CC1. The summed E-state index contributed by atoms with van der Waals surface area (Å²) in [5.74, 6) is 0. The van der Waals surface area contributed by atoms with Crippen molar-refractivity contribution in [3.8, 4) is 0 Å². The Bertz CT molecular complexity index is 281. The molecule has 0 atom stereocenters. The summed E-state index contributed by atoms with van der Waals surface area (Å²) in [7, 11) is 0. The van der Waals surface area contributed by atoms with Crippen molar-refractivity contribution >= 4 is 11.6 Å². The molecule has 0 aromatic heterocycles. The van der Waals surface area contributed by atoms with E-state index in [1.165, 1.54) is 6.08 Å². The van der Waals surface area contributed by atoms with Crippen molar-refractivity contribution < 1.29 is 9.68 Å². The smallest absolute Gasteiger partial charge is 0.258 e. The van der Waals surface area contributed by atoms with Crippen LogP contribution >= 0.6 is 11.6 Å². The Hall–Kier alpha value is -1.23. The van der Waals surface area contributed by atoms with Crippen LogP contribution in [0.2, 0.25) is 0 Å². The Morgan fingerprint density at radius 2 is 2.36 bits per heavy atom. The molecule has 11 heavy (non-hydrogen) atoms. The first kappa shape index (κ1) is 7.87. The second kappa shape index (κ2) is 2.79. The normalized spacial score (nSPS) is 17.4. The van der Waals surface area contributed by atoms with Gasteiger partial charge in [-0.25, -0.2) is 0 Å². The first-order valence-corrected chi connectivity index (χ1v) is 3.15. The maximum absolute atomic E-state index is 10.5. The molecule has 0 radical (unpaired) electrons. The first-order chi connectivity index (χ1) is 5.11. The summed E-state index contributed by atoms with van der Waals surface area (Å²) >= 11 is 5.38. The Morgan fingerprint density at radius 3 is 2.82 bits per heavy atom. The lowest BCUT2D eigenvalue weighted by atomic mass is 10.3. The molecule has 0 aromatic carbocycles. The fourth-order valence-corrected chi connectivity index (χ4v) is 0.936. The van der Waals surface area contributed by atoms with Crippen molar-refractivity contribution in [3.05, 3.63) is 38.0 Å². The van der Waals surface area contributed by atoms with Gasteiger partial charge in [0.1, 0.15) is 0 Å². The standard InChI is InChI=1S/C5H4ClN2O3/c6-4-3-7(9)2-1-5(4)8(10)11/h1,3H,2H2/q+1. The van der Waals surface area contributed by atoms with Crippen molar-refractivity contribution in [1.29, 1.82) is 0 Å². The zero-order chi connectivity index (χ0) is 8.43. The van der Waals surface area contributed by atoms with E-state index >= 15 is 0 Å². The monoisotopic (exact) mass is 175 g/mol. The first-order valence-electron chi connectivity index (χ1n) is 2.77. The van der Waals surface area contributed by atoms with Crippen molar-refractivity contribution in [2.24, 2.45) is 0 Å². The molecule has 0 aromatic rings. The van der Waals surface area contributed by atoms with Crippen LogP contribution in [-0.2, 0) is 0 Å². The van der Waals surface area contributed by atoms with E-state index in [9.17, 15) is 15.0 Å². The summed E-state index contributed by atoms with van der Waals surface area (Å²) < 4.78 is 0.523. The molecule has 1 heterocycles. The Balaban J connectivity index is 2.94. The van der Waals surface area contributed by atoms with Gasteiger partial charge in [0.15, 0.2) is 5.03 Å². The maximum Gasteiger partial charge on any atom is 0.296 e. The highest BCUT2D eigenvalue weighted by Gasteiger charge is 2.25. The lowest BCUT2D eigenvalue weighted by Gasteiger charge is -1.95. The highest BCUT2D eigenvalue weighted by molar-refractivity contribution is 6.31. The zero-order valence-electron chi connectivity index (χ0n) is 5.36. The summed E-state index contributed by atoms with van der Waals surface area (Å²) in [5.41, 5.74) is -0.209. The predicted octanol–water partition coefficient (Wildman–Crippen LogP) is 1.02. The van der Waals surface area contributed by atoms with E-state index in [-0.39, 0.29) is 17.3 Å². The van der Waals surface area contributed by atoms with Gasteiger partial charge in [-0.2, -0.15) is 0 Å². The molecule has 6 heteroatoms. The van der Waals surface area contributed by atoms with Crippen molar-refractivity contribution in [3.63, 3.8) is 0 Å². The van der Waals surface area contributed by atoms with Crippen LogP contribution in [0, 0.1) is 15.0 Å². The molecule has 0 bridgehead atoms. The van der Waals surface area contributed by atoms with Gasteiger partial charge in [-0.1, -0.05) is 11.6 Å². The highest BCUT2D eigenvalue weighted by atomic mass is 35.5. The summed E-state index contributed by atoms with van der Waals surface area (Å²) in [4.78, 5) is 20.1. The van der Waals surface area contributed by atoms with Crippen LogP contribution in [0.15, 0.2) is 23.0 Å². The summed E-state index contributed by atoms with van der Waals surface area (Å²) in [6.45, 7) is -0.0213. The molecular weight excluding hydrogens is 172 g/mol. The topological polar surface area (TPSA) is 63.2 Å². The number of rotatable bonds is 1. The van der Waals surface area contributed by atoms with Crippen LogP contribution < -0.4 is 0 Å². The average Bonchev–Trinajstić information content (AvgIpc) is 1.85. The molecule has 0 saturated carbocycles. The van der Waals surface area contributed by atoms with Crippen molar-refractivity contribution in [2.75, 3.05) is 6.54 Å². The molecule has 0 saturated heterocycles. The number of nitro groups is 1. The minimum atomic E-state index is -0.619. The fraction of sp³-hybridized carbons (Fsp3) is 0.200. The second-order valence-electron chi connectivity index (χ2n) is 1.92. The van der Waals surface area contributed by atoms with Crippen molar-refractivity contribution in [2.45, 2.75) is 0 Å². The van der Waals surface area contributed by atoms with E-state index in [1.54, 1.807) is 0 Å². The highest BCUT2D eigenvalue weighted by Crippen LogP contribution is 2.17. The molecule has 0 N–H and O–H groups in total. The van der Waals surface area contributed by atoms with E-state index in [2.05, 4.69) is 0 Å². The second-order valence-corrected chi connectivity index (χ2v) is 2.33. The molecule has 1 rings (SSSR count). The number of halogens is 1. The van der Waals surface area contributed by atoms with Gasteiger partial charge in [0.25, 0.3) is 5.70 Å². The van der Waals surface area contributed by atoms with Gasteiger partial charge < -0.3 is 0 Å². The summed E-state index contributed by atoms with van der Waals surface area (Å²) in [6, 6.07) is 0. The zero-order valence-corrected chi connectivity index (χ0v) is 6.11. The minimum absolute atomic E-state index is 0.0213. The molecule has 0 fully saturated rings. The number of allylic oxidation sites excluding steroid dienone is 1. The van der Waals surface area contributed by atoms with Gasteiger partial charge >= 0.3 is 0 Å². The minimum Gasteiger partial charge on any atom is -0.258 e. The third-order valence-corrected chi connectivity index (χ3v) is 1.45. The maximum atomic E-state index is 10.5. The lowest BCUT2D eigenvalue weighted by molar-refractivity contribution is -0.479. The lowest BCUT2D eigenvalue weighted by Crippen LogP contribution is -2.11. The molecule has 58 valence electrons. The van der Waals surface area contributed by atoms with Gasteiger partial charge in [-0.3, -0.25) is 10.1 Å². The van der Waals surface area contributed by atoms with Gasteiger partial charge in [0.2, 0.25) is 12.7 Å². The molecule has 1 aliphatic rings. The summed E-state index contributed by atoms with van der Waals surface area (Å²) in [5, 5.41) is 10.0. The van der Waals surface area contributed by atoms with Crippen LogP contribution in [0.25, 0.3) is 0 Å².